The second-order valence-corrected chi connectivity index (χ2v) is 9.66. The van der Waals surface area contributed by atoms with Gasteiger partial charge in [-0.1, -0.05) is 18.2 Å². The summed E-state index contributed by atoms with van der Waals surface area (Å²) < 4.78 is 14.6. The van der Waals surface area contributed by atoms with Gasteiger partial charge >= 0.3 is 0 Å². The van der Waals surface area contributed by atoms with E-state index in [0.29, 0.717) is 16.7 Å². The number of carbonyl (C=O) groups is 1. The molecule has 6 nitrogen and oxygen atoms in total. The molecule has 2 saturated heterocycles. The van der Waals surface area contributed by atoms with E-state index in [2.05, 4.69) is 9.97 Å². The molecule has 3 heterocycles. The maximum atomic E-state index is 14.6. The second-order valence-electron chi connectivity index (χ2n) is 9.66. The number of nitrogens with two attached hydrogens (primary N) is 1. The summed E-state index contributed by atoms with van der Waals surface area (Å²) in [5.74, 6) is -0.606. The van der Waals surface area contributed by atoms with E-state index in [1.165, 1.54) is 12.1 Å². The molecule has 0 saturated carbocycles. The third kappa shape index (κ3) is 3.80. The zero-order valence-electron chi connectivity index (χ0n) is 19.6. The summed E-state index contributed by atoms with van der Waals surface area (Å²) in [6.07, 6.45) is 6.90. The molecule has 6 rings (SSSR count). The molecule has 2 aliphatic rings. The third-order valence-corrected chi connectivity index (χ3v) is 7.45. The van der Waals surface area contributed by atoms with Crippen LogP contribution in [0.2, 0.25) is 0 Å². The van der Waals surface area contributed by atoms with Gasteiger partial charge in [0, 0.05) is 36.1 Å². The van der Waals surface area contributed by atoms with Crippen LogP contribution in [0.4, 0.5) is 4.39 Å². The molecular weight excluding hydrogens is 453 g/mol. The van der Waals surface area contributed by atoms with Crippen molar-refractivity contribution >= 4 is 16.9 Å². The summed E-state index contributed by atoms with van der Waals surface area (Å²) in [6, 6.07) is 18.3. The van der Waals surface area contributed by atoms with Gasteiger partial charge in [0.15, 0.2) is 0 Å². The summed E-state index contributed by atoms with van der Waals surface area (Å²) in [7, 11) is 0. The number of amides is 1. The van der Waals surface area contributed by atoms with Crippen molar-refractivity contribution in [1.29, 1.82) is 5.26 Å². The van der Waals surface area contributed by atoms with Crippen LogP contribution in [-0.4, -0.2) is 38.9 Å². The Bertz CT molecular complexity index is 1530. The number of piperidine rings is 1. The summed E-state index contributed by atoms with van der Waals surface area (Å²) in [4.78, 5) is 24.5. The van der Waals surface area contributed by atoms with Gasteiger partial charge in [-0.2, -0.15) is 5.26 Å². The number of carbonyl (C=O) groups excluding carboxylic acids is 1. The first-order valence-corrected chi connectivity index (χ1v) is 12.2. The van der Waals surface area contributed by atoms with Crippen molar-refractivity contribution in [1.82, 2.24) is 14.9 Å². The lowest BCUT2D eigenvalue weighted by atomic mass is 9.91. The van der Waals surface area contributed by atoms with Gasteiger partial charge in [-0.15, -0.1) is 0 Å². The molecule has 4 aromatic rings. The SMILES string of the molecule is N#Cc1ccc(-c2cc(C(=O)N3[C@@H]4CC[C@H]3CC(N)C4)ccc2-c2ccc3nccnc3c2)cc1F. The number of benzene rings is 3. The highest BCUT2D eigenvalue weighted by atomic mass is 19.1. The number of fused-ring (bicyclic) bond motifs is 3. The first-order chi connectivity index (χ1) is 17.5. The molecule has 2 fully saturated rings. The second kappa shape index (κ2) is 8.81. The summed E-state index contributed by atoms with van der Waals surface area (Å²) in [5, 5.41) is 9.19. The van der Waals surface area contributed by atoms with E-state index in [1.54, 1.807) is 18.5 Å². The summed E-state index contributed by atoms with van der Waals surface area (Å²) >= 11 is 0. The van der Waals surface area contributed by atoms with Crippen molar-refractivity contribution in [2.75, 3.05) is 0 Å². The van der Waals surface area contributed by atoms with Crippen molar-refractivity contribution < 1.29 is 9.18 Å². The number of nitrogens with zero attached hydrogens (tertiary/aromatic N) is 4. The molecule has 2 N–H and O–H groups in total. The van der Waals surface area contributed by atoms with Crippen molar-refractivity contribution in [2.45, 2.75) is 43.8 Å². The van der Waals surface area contributed by atoms with Crippen LogP contribution in [0.5, 0.6) is 0 Å². The molecule has 1 unspecified atom stereocenters. The number of rotatable bonds is 3. The maximum absolute atomic E-state index is 14.6. The molecule has 2 aliphatic heterocycles. The van der Waals surface area contributed by atoms with Crippen LogP contribution in [0.15, 0.2) is 67.0 Å². The number of nitriles is 1. The van der Waals surface area contributed by atoms with E-state index in [0.717, 1.165) is 47.8 Å². The third-order valence-electron chi connectivity index (χ3n) is 7.45. The molecule has 178 valence electrons. The molecule has 1 amide bonds. The molecular formula is C29H24FN5O. The zero-order chi connectivity index (χ0) is 24.8. The first kappa shape index (κ1) is 22.3. The molecule has 0 spiro atoms. The Morgan fingerprint density at radius 3 is 2.33 bits per heavy atom. The molecule has 0 aliphatic carbocycles. The molecule has 36 heavy (non-hydrogen) atoms. The van der Waals surface area contributed by atoms with Gasteiger partial charge in [0.05, 0.1) is 16.6 Å². The lowest BCUT2D eigenvalue weighted by Crippen LogP contribution is -2.50. The van der Waals surface area contributed by atoms with E-state index >= 15 is 0 Å². The summed E-state index contributed by atoms with van der Waals surface area (Å²) in [5.41, 5.74) is 11.3. The topological polar surface area (TPSA) is 95.9 Å². The molecule has 1 aromatic heterocycles. The van der Waals surface area contributed by atoms with Crippen molar-refractivity contribution in [2.24, 2.45) is 5.73 Å². The van der Waals surface area contributed by atoms with Crippen LogP contribution in [0, 0.1) is 17.1 Å². The van der Waals surface area contributed by atoms with Crippen LogP contribution in [0.3, 0.4) is 0 Å². The Morgan fingerprint density at radius 1 is 0.917 bits per heavy atom. The molecule has 0 radical (unpaired) electrons. The highest BCUT2D eigenvalue weighted by molar-refractivity contribution is 5.99. The van der Waals surface area contributed by atoms with E-state index in [1.807, 2.05) is 47.4 Å². The van der Waals surface area contributed by atoms with E-state index < -0.39 is 5.82 Å². The zero-order valence-corrected chi connectivity index (χ0v) is 19.6. The lowest BCUT2D eigenvalue weighted by molar-refractivity contribution is 0.0575. The maximum Gasteiger partial charge on any atom is 0.254 e. The van der Waals surface area contributed by atoms with Gasteiger partial charge in [-0.05, 0) is 84.3 Å². The van der Waals surface area contributed by atoms with Gasteiger partial charge in [0.25, 0.3) is 5.91 Å². The Morgan fingerprint density at radius 2 is 1.61 bits per heavy atom. The normalized spacial score (nSPS) is 20.9. The molecule has 3 aromatic carbocycles. The molecule has 2 bridgehead atoms. The minimum absolute atomic E-state index is 0.0132. The fourth-order valence-electron chi connectivity index (χ4n) is 5.77. The van der Waals surface area contributed by atoms with Gasteiger partial charge in [-0.3, -0.25) is 14.8 Å². The number of aromatic nitrogens is 2. The highest BCUT2D eigenvalue weighted by Crippen LogP contribution is 2.39. The average Bonchev–Trinajstić information content (AvgIpc) is 3.18. The number of halogens is 1. The van der Waals surface area contributed by atoms with Crippen LogP contribution in [-0.2, 0) is 0 Å². The Balaban J connectivity index is 1.47. The monoisotopic (exact) mass is 477 g/mol. The van der Waals surface area contributed by atoms with Crippen molar-refractivity contribution in [3.63, 3.8) is 0 Å². The predicted molar refractivity (Wildman–Crippen MR) is 135 cm³/mol. The van der Waals surface area contributed by atoms with Crippen molar-refractivity contribution in [3.05, 3.63) is 83.9 Å². The lowest BCUT2D eigenvalue weighted by Gasteiger charge is -2.38. The average molecular weight is 478 g/mol. The molecule has 7 heteroatoms. The van der Waals surface area contributed by atoms with E-state index in [9.17, 15) is 14.4 Å². The highest BCUT2D eigenvalue weighted by Gasteiger charge is 2.42. The van der Waals surface area contributed by atoms with Crippen LogP contribution in [0.1, 0.15) is 41.6 Å². The van der Waals surface area contributed by atoms with Gasteiger partial charge in [-0.25, -0.2) is 4.39 Å². The smallest absolute Gasteiger partial charge is 0.254 e. The fraction of sp³-hybridized carbons (Fsp3) is 0.241. The molecule has 3 atom stereocenters. The van der Waals surface area contributed by atoms with Crippen LogP contribution in [0.25, 0.3) is 33.3 Å². The minimum atomic E-state index is -0.592. The van der Waals surface area contributed by atoms with Gasteiger partial charge in [0.1, 0.15) is 11.9 Å². The predicted octanol–water partition coefficient (Wildman–Crippen LogP) is 5.07. The Kier molecular flexibility index (Phi) is 5.46. The van der Waals surface area contributed by atoms with E-state index in [-0.39, 0.29) is 29.6 Å². The van der Waals surface area contributed by atoms with Crippen LogP contribution < -0.4 is 5.73 Å². The largest absolute Gasteiger partial charge is 0.333 e. The summed E-state index contributed by atoms with van der Waals surface area (Å²) in [6.45, 7) is 0. The van der Waals surface area contributed by atoms with E-state index in [4.69, 9.17) is 5.73 Å². The minimum Gasteiger partial charge on any atom is -0.333 e. The number of hydrogen-bond acceptors (Lipinski definition) is 5. The van der Waals surface area contributed by atoms with Gasteiger partial charge < -0.3 is 10.6 Å². The van der Waals surface area contributed by atoms with Crippen LogP contribution >= 0.6 is 0 Å². The first-order valence-electron chi connectivity index (χ1n) is 12.2. The Labute approximate surface area is 208 Å². The standard InChI is InChI=1S/C29H24FN5O/c30-26-12-17(1-2-20(26)16-31)25-11-19(29(36)35-22-5-6-23(35)15-21(32)14-22)3-7-24(25)18-4-8-27-28(13-18)34-10-9-33-27/h1-4,7-13,21-23H,5-6,14-15,32H2/t21?,22-,23+. The Hall–Kier alpha value is -4.15. The van der Waals surface area contributed by atoms with Gasteiger partial charge in [0.2, 0.25) is 0 Å². The fourth-order valence-corrected chi connectivity index (χ4v) is 5.77. The number of hydrogen-bond donors (Lipinski definition) is 1. The van der Waals surface area contributed by atoms with Crippen molar-refractivity contribution in [3.8, 4) is 28.3 Å². The quantitative estimate of drug-likeness (QED) is 0.445.